The zero-order valence-electron chi connectivity index (χ0n) is 10.3. The summed E-state index contributed by atoms with van der Waals surface area (Å²) in [5.74, 6) is 1.62. The van der Waals surface area contributed by atoms with Crippen molar-refractivity contribution in [2.75, 3.05) is 6.54 Å². The molecule has 0 aromatic carbocycles. The Labute approximate surface area is 102 Å². The van der Waals surface area contributed by atoms with Crippen LogP contribution in [0.25, 0.3) is 0 Å². The number of hydrogen-bond acceptors (Lipinski definition) is 2. The van der Waals surface area contributed by atoms with E-state index in [9.17, 15) is 9.59 Å². The largest absolute Gasteiger partial charge is 0.343 e. The van der Waals surface area contributed by atoms with Crippen molar-refractivity contribution in [1.82, 2.24) is 10.2 Å². The molecular weight excluding hydrogens is 216 g/mol. The normalized spacial score (nSPS) is 40.9. The molecule has 1 saturated heterocycles. The lowest BCUT2D eigenvalue weighted by Crippen LogP contribution is -2.61. The van der Waals surface area contributed by atoms with Crippen molar-refractivity contribution in [1.29, 1.82) is 0 Å². The molecule has 2 bridgehead atoms. The highest BCUT2D eigenvalue weighted by Crippen LogP contribution is 2.46. The number of piperazine rings is 1. The number of rotatable bonds is 2. The van der Waals surface area contributed by atoms with Gasteiger partial charge in [-0.15, -0.1) is 0 Å². The average Bonchev–Trinajstić information content (AvgIpc) is 2.93. The van der Waals surface area contributed by atoms with Crippen LogP contribution in [0.15, 0.2) is 0 Å². The van der Waals surface area contributed by atoms with E-state index in [1.165, 1.54) is 19.3 Å². The number of nitrogens with one attached hydrogen (secondary N) is 1. The predicted octanol–water partition coefficient (Wildman–Crippen LogP) is 0.912. The van der Waals surface area contributed by atoms with Crippen molar-refractivity contribution in [2.24, 2.45) is 11.8 Å². The Hall–Kier alpha value is -1.06. The van der Waals surface area contributed by atoms with Gasteiger partial charge in [0.1, 0.15) is 6.04 Å². The van der Waals surface area contributed by atoms with Crippen LogP contribution in [0.1, 0.15) is 39.0 Å². The van der Waals surface area contributed by atoms with Gasteiger partial charge in [0.2, 0.25) is 11.8 Å². The Morgan fingerprint density at radius 2 is 2.12 bits per heavy atom. The van der Waals surface area contributed by atoms with E-state index in [-0.39, 0.29) is 24.4 Å². The van der Waals surface area contributed by atoms with E-state index in [1.54, 1.807) is 0 Å². The predicted molar refractivity (Wildman–Crippen MR) is 63.2 cm³/mol. The number of amides is 2. The molecule has 1 N–H and O–H groups in total. The summed E-state index contributed by atoms with van der Waals surface area (Å²) in [5.41, 5.74) is 0. The van der Waals surface area contributed by atoms with Crippen LogP contribution >= 0.6 is 0 Å². The number of fused-ring (bicyclic) bond motifs is 2. The van der Waals surface area contributed by atoms with Gasteiger partial charge in [0.05, 0.1) is 6.54 Å². The molecule has 94 valence electrons. The number of carbonyl (C=O) groups is 2. The fourth-order valence-electron chi connectivity index (χ4n) is 3.88. The van der Waals surface area contributed by atoms with Gasteiger partial charge in [-0.05, 0) is 37.5 Å². The Balaban J connectivity index is 1.77. The highest BCUT2D eigenvalue weighted by Gasteiger charge is 2.46. The van der Waals surface area contributed by atoms with Crippen molar-refractivity contribution in [3.8, 4) is 0 Å². The number of carbonyl (C=O) groups excluding carboxylic acids is 2. The standard InChI is InChI=1S/C13H20N2O2/c1-2-10-13(17)15(7-12(16)14-10)11-6-8-3-4-9(11)5-8/h8-11H,2-7H2,1H3,(H,14,16). The van der Waals surface area contributed by atoms with Gasteiger partial charge >= 0.3 is 0 Å². The molecule has 1 heterocycles. The summed E-state index contributed by atoms with van der Waals surface area (Å²) in [6, 6.07) is 0.0664. The van der Waals surface area contributed by atoms with Crippen LogP contribution in [0.2, 0.25) is 0 Å². The molecule has 3 fully saturated rings. The molecule has 17 heavy (non-hydrogen) atoms. The van der Waals surface area contributed by atoms with Gasteiger partial charge in [-0.3, -0.25) is 9.59 Å². The minimum Gasteiger partial charge on any atom is -0.343 e. The van der Waals surface area contributed by atoms with E-state index in [4.69, 9.17) is 0 Å². The second-order valence-electron chi connectivity index (χ2n) is 5.74. The van der Waals surface area contributed by atoms with Crippen LogP contribution in [-0.4, -0.2) is 35.3 Å². The van der Waals surface area contributed by atoms with Crippen LogP contribution in [0, 0.1) is 11.8 Å². The Kier molecular flexibility index (Phi) is 2.60. The lowest BCUT2D eigenvalue weighted by molar-refractivity contribution is -0.147. The van der Waals surface area contributed by atoms with E-state index < -0.39 is 0 Å². The molecule has 0 aromatic heterocycles. The van der Waals surface area contributed by atoms with Crippen LogP contribution in [0.5, 0.6) is 0 Å². The fourth-order valence-corrected chi connectivity index (χ4v) is 3.88. The molecule has 4 heteroatoms. The van der Waals surface area contributed by atoms with E-state index in [2.05, 4.69) is 5.32 Å². The molecule has 2 amide bonds. The summed E-state index contributed by atoms with van der Waals surface area (Å²) in [6.07, 6.45) is 5.67. The minimum atomic E-state index is -0.282. The smallest absolute Gasteiger partial charge is 0.245 e. The maximum Gasteiger partial charge on any atom is 0.245 e. The molecule has 4 nitrogen and oxygen atoms in total. The first-order chi connectivity index (χ1) is 8.19. The molecule has 3 aliphatic rings. The van der Waals surface area contributed by atoms with Gasteiger partial charge in [-0.2, -0.15) is 0 Å². The zero-order chi connectivity index (χ0) is 12.0. The topological polar surface area (TPSA) is 49.4 Å². The fraction of sp³-hybridized carbons (Fsp3) is 0.846. The van der Waals surface area contributed by atoms with Gasteiger partial charge in [0, 0.05) is 6.04 Å². The maximum absolute atomic E-state index is 12.3. The monoisotopic (exact) mass is 236 g/mol. The van der Waals surface area contributed by atoms with Crippen LogP contribution < -0.4 is 5.32 Å². The minimum absolute atomic E-state index is 0.0132. The van der Waals surface area contributed by atoms with E-state index in [0.717, 1.165) is 12.3 Å². The molecule has 3 rings (SSSR count). The summed E-state index contributed by atoms with van der Waals surface area (Å²) < 4.78 is 0. The highest BCUT2D eigenvalue weighted by atomic mass is 16.2. The first kappa shape index (κ1) is 11.1. The van der Waals surface area contributed by atoms with Crippen LogP contribution in [0.3, 0.4) is 0 Å². The Morgan fingerprint density at radius 3 is 2.71 bits per heavy atom. The maximum atomic E-state index is 12.3. The number of hydrogen-bond donors (Lipinski definition) is 1. The molecular formula is C13H20N2O2. The third-order valence-electron chi connectivity index (χ3n) is 4.74. The van der Waals surface area contributed by atoms with Crippen molar-refractivity contribution in [3.63, 3.8) is 0 Å². The molecule has 0 spiro atoms. The molecule has 0 aromatic rings. The van der Waals surface area contributed by atoms with E-state index >= 15 is 0 Å². The summed E-state index contributed by atoms with van der Waals surface area (Å²) >= 11 is 0. The van der Waals surface area contributed by atoms with Crippen LogP contribution in [0.4, 0.5) is 0 Å². The second kappa shape index (κ2) is 4.00. The average molecular weight is 236 g/mol. The summed E-state index contributed by atoms with van der Waals surface area (Å²) in [5, 5.41) is 2.78. The zero-order valence-corrected chi connectivity index (χ0v) is 10.3. The third kappa shape index (κ3) is 1.74. The van der Waals surface area contributed by atoms with E-state index in [0.29, 0.717) is 18.4 Å². The van der Waals surface area contributed by atoms with Gasteiger partial charge in [-0.25, -0.2) is 0 Å². The quantitative estimate of drug-likeness (QED) is 0.775. The highest BCUT2D eigenvalue weighted by molar-refractivity contribution is 5.95. The van der Waals surface area contributed by atoms with Gasteiger partial charge < -0.3 is 10.2 Å². The molecule has 2 aliphatic carbocycles. The molecule has 4 unspecified atom stereocenters. The summed E-state index contributed by atoms with van der Waals surface area (Å²) in [6.45, 7) is 2.23. The van der Waals surface area contributed by atoms with E-state index in [1.807, 2.05) is 11.8 Å². The first-order valence-electron chi connectivity index (χ1n) is 6.79. The van der Waals surface area contributed by atoms with Crippen molar-refractivity contribution >= 4 is 11.8 Å². The summed E-state index contributed by atoms with van der Waals surface area (Å²) in [4.78, 5) is 25.8. The lowest BCUT2D eigenvalue weighted by atomic mass is 9.92. The van der Waals surface area contributed by atoms with Crippen molar-refractivity contribution in [2.45, 2.75) is 51.1 Å². The van der Waals surface area contributed by atoms with Crippen molar-refractivity contribution < 1.29 is 9.59 Å². The SMILES string of the molecule is CCC1NC(=O)CN(C2CC3CCC2C3)C1=O. The van der Waals surface area contributed by atoms with Gasteiger partial charge in [0.15, 0.2) is 0 Å². The van der Waals surface area contributed by atoms with Crippen molar-refractivity contribution in [3.05, 3.63) is 0 Å². The molecule has 4 atom stereocenters. The number of nitrogens with zero attached hydrogens (tertiary/aromatic N) is 1. The van der Waals surface area contributed by atoms with Gasteiger partial charge in [0.25, 0.3) is 0 Å². The lowest BCUT2D eigenvalue weighted by Gasteiger charge is -2.39. The first-order valence-corrected chi connectivity index (χ1v) is 6.79. The van der Waals surface area contributed by atoms with Gasteiger partial charge in [-0.1, -0.05) is 13.3 Å². The Morgan fingerprint density at radius 1 is 1.29 bits per heavy atom. The van der Waals surface area contributed by atoms with Crippen LogP contribution in [-0.2, 0) is 9.59 Å². The summed E-state index contributed by atoms with van der Waals surface area (Å²) in [7, 11) is 0. The molecule has 1 aliphatic heterocycles. The second-order valence-corrected chi connectivity index (χ2v) is 5.74. The molecule has 2 saturated carbocycles. The third-order valence-corrected chi connectivity index (χ3v) is 4.74. The molecule has 0 radical (unpaired) electrons. The Bertz CT molecular complexity index is 355.